The lowest BCUT2D eigenvalue weighted by molar-refractivity contribution is 0.243. The van der Waals surface area contributed by atoms with Crippen molar-refractivity contribution in [2.75, 3.05) is 21.3 Å². The van der Waals surface area contributed by atoms with Gasteiger partial charge in [-0.2, -0.15) is 5.10 Å². The number of nitrogens with zero attached hydrogens (tertiary/aromatic N) is 4. The van der Waals surface area contributed by atoms with Gasteiger partial charge < -0.3 is 14.0 Å². The summed E-state index contributed by atoms with van der Waals surface area (Å²) >= 11 is 5.52. The zero-order valence-electron chi connectivity index (χ0n) is 17.3. The summed E-state index contributed by atoms with van der Waals surface area (Å²) in [7, 11) is 7.03. The molecule has 8 heteroatoms. The third-order valence-electron chi connectivity index (χ3n) is 4.81. The highest BCUT2D eigenvalue weighted by Gasteiger charge is 2.15. The lowest BCUT2D eigenvalue weighted by Crippen LogP contribution is -2.23. The van der Waals surface area contributed by atoms with Gasteiger partial charge in [0.05, 0.1) is 26.5 Å². The summed E-state index contributed by atoms with van der Waals surface area (Å²) in [5.74, 6) is 1.58. The predicted molar refractivity (Wildman–Crippen MR) is 113 cm³/mol. The van der Waals surface area contributed by atoms with Crippen LogP contribution in [-0.2, 0) is 20.3 Å². The van der Waals surface area contributed by atoms with Crippen LogP contribution in [0.25, 0.3) is 11.4 Å². The van der Waals surface area contributed by atoms with Gasteiger partial charge in [0, 0.05) is 13.6 Å². The molecule has 0 aliphatic rings. The molecule has 3 aromatic rings. The fourth-order valence-corrected chi connectivity index (χ4v) is 3.40. The number of methoxy groups -OCH3 is 2. The zero-order valence-corrected chi connectivity index (χ0v) is 18.1. The normalized spacial score (nSPS) is 11.1. The van der Waals surface area contributed by atoms with Gasteiger partial charge in [0.25, 0.3) is 0 Å². The van der Waals surface area contributed by atoms with Gasteiger partial charge in [-0.25, -0.2) is 9.07 Å². The quantitative estimate of drug-likeness (QED) is 0.541. The maximum absolute atomic E-state index is 14.2. The van der Waals surface area contributed by atoms with Crippen LogP contribution in [0.3, 0.4) is 0 Å². The molecule has 0 aliphatic carbocycles. The number of hydrogen-bond donors (Lipinski definition) is 0. The second-order valence-electron chi connectivity index (χ2n) is 6.93. The monoisotopic (exact) mass is 416 g/mol. The minimum Gasteiger partial charge on any atom is -0.493 e. The van der Waals surface area contributed by atoms with Crippen molar-refractivity contribution < 1.29 is 13.9 Å². The van der Waals surface area contributed by atoms with Crippen molar-refractivity contribution in [2.45, 2.75) is 20.1 Å². The third-order valence-corrected chi connectivity index (χ3v) is 5.30. The smallest absolute Gasteiger partial charge is 0.199 e. The highest BCUT2D eigenvalue weighted by molar-refractivity contribution is 7.71. The van der Waals surface area contributed by atoms with E-state index in [2.05, 4.69) is 10.00 Å². The van der Waals surface area contributed by atoms with Gasteiger partial charge in [0.15, 0.2) is 22.1 Å². The van der Waals surface area contributed by atoms with Crippen LogP contribution < -0.4 is 9.47 Å². The molecule has 0 saturated carbocycles. The summed E-state index contributed by atoms with van der Waals surface area (Å²) in [5, 5.41) is 4.55. The van der Waals surface area contributed by atoms with Crippen LogP contribution in [0.4, 0.5) is 4.39 Å². The van der Waals surface area contributed by atoms with Crippen LogP contribution >= 0.6 is 12.2 Å². The first-order valence-electron chi connectivity index (χ1n) is 9.14. The second-order valence-corrected chi connectivity index (χ2v) is 7.30. The molecule has 0 spiro atoms. The van der Waals surface area contributed by atoms with Gasteiger partial charge in [-0.05, 0) is 61.6 Å². The van der Waals surface area contributed by atoms with E-state index < -0.39 is 0 Å². The highest BCUT2D eigenvalue weighted by Crippen LogP contribution is 2.30. The minimum atomic E-state index is -0.322. The maximum atomic E-state index is 14.2. The minimum absolute atomic E-state index is 0.322. The van der Waals surface area contributed by atoms with Crippen LogP contribution in [0.5, 0.6) is 11.5 Å². The zero-order chi connectivity index (χ0) is 21.1. The molecule has 1 heterocycles. The SMILES string of the molecule is COc1cc(C)c(CN(C)Cn2nc(-c3ccccc3F)n(C)c2=S)cc1OC. The predicted octanol–water partition coefficient (Wildman–Crippen LogP) is 4.17. The third kappa shape index (κ3) is 4.33. The average molecular weight is 417 g/mol. The fraction of sp³-hybridized carbons (Fsp3) is 0.333. The first kappa shape index (κ1) is 21.0. The van der Waals surface area contributed by atoms with Crippen LogP contribution in [0.15, 0.2) is 36.4 Å². The Bertz CT molecular complexity index is 1080. The average Bonchev–Trinajstić information content (AvgIpc) is 2.97. The standard InChI is InChI=1S/C21H25FN4O2S/c1-14-10-18(27-4)19(28-5)11-15(14)12-24(2)13-26-21(29)25(3)20(23-26)16-8-6-7-9-17(16)22/h6-11H,12-13H2,1-5H3. The molecule has 154 valence electrons. The molecular weight excluding hydrogens is 391 g/mol. The van der Waals surface area contributed by atoms with Crippen molar-refractivity contribution in [2.24, 2.45) is 7.05 Å². The van der Waals surface area contributed by atoms with Crippen molar-refractivity contribution >= 4 is 12.2 Å². The lowest BCUT2D eigenvalue weighted by atomic mass is 10.1. The van der Waals surface area contributed by atoms with Crippen LogP contribution in [0.1, 0.15) is 11.1 Å². The molecule has 0 amide bonds. The molecule has 0 N–H and O–H groups in total. The van der Waals surface area contributed by atoms with E-state index in [0.717, 1.165) is 11.1 Å². The molecule has 6 nitrogen and oxygen atoms in total. The second kappa shape index (κ2) is 8.75. The number of halogens is 1. The van der Waals surface area contributed by atoms with Crippen molar-refractivity contribution in [3.05, 3.63) is 58.1 Å². The van der Waals surface area contributed by atoms with Gasteiger partial charge in [0.2, 0.25) is 0 Å². The fourth-order valence-electron chi connectivity index (χ4n) is 3.22. The molecule has 0 fully saturated rings. The molecule has 0 aliphatic heterocycles. The first-order valence-corrected chi connectivity index (χ1v) is 9.55. The molecule has 3 rings (SSSR count). The number of benzene rings is 2. The van der Waals surface area contributed by atoms with Crippen LogP contribution in [-0.4, -0.2) is 40.5 Å². The van der Waals surface area contributed by atoms with Crippen molar-refractivity contribution in [3.63, 3.8) is 0 Å². The Hall–Kier alpha value is -2.71. The van der Waals surface area contributed by atoms with Crippen molar-refractivity contribution in [1.29, 1.82) is 0 Å². The van der Waals surface area contributed by atoms with Crippen LogP contribution in [0.2, 0.25) is 0 Å². The van der Waals surface area contributed by atoms with E-state index in [1.54, 1.807) is 48.7 Å². The van der Waals surface area contributed by atoms with Crippen molar-refractivity contribution in [3.8, 4) is 22.9 Å². The van der Waals surface area contributed by atoms with E-state index in [1.165, 1.54) is 6.07 Å². The molecule has 1 aromatic heterocycles. The Morgan fingerprint density at radius 1 is 1.14 bits per heavy atom. The molecule has 0 bridgehead atoms. The molecule has 29 heavy (non-hydrogen) atoms. The highest BCUT2D eigenvalue weighted by atomic mass is 32.1. The largest absolute Gasteiger partial charge is 0.493 e. The summed E-state index contributed by atoms with van der Waals surface area (Å²) in [6, 6.07) is 10.5. The topological polar surface area (TPSA) is 44.5 Å². The molecular formula is C21H25FN4O2S. The molecule has 0 radical (unpaired) electrons. The van der Waals surface area contributed by atoms with Gasteiger partial charge >= 0.3 is 0 Å². The van der Waals surface area contributed by atoms with Gasteiger partial charge in [-0.15, -0.1) is 0 Å². The Labute approximate surface area is 175 Å². The van der Waals surface area contributed by atoms with E-state index in [-0.39, 0.29) is 5.82 Å². The lowest BCUT2D eigenvalue weighted by Gasteiger charge is -2.19. The summed E-state index contributed by atoms with van der Waals surface area (Å²) < 4.78 is 28.9. The Morgan fingerprint density at radius 3 is 2.45 bits per heavy atom. The van der Waals surface area contributed by atoms with E-state index in [4.69, 9.17) is 21.7 Å². The molecule has 2 aromatic carbocycles. The number of hydrogen-bond acceptors (Lipinski definition) is 5. The summed E-state index contributed by atoms with van der Waals surface area (Å²) in [6.07, 6.45) is 0. The van der Waals surface area contributed by atoms with E-state index in [9.17, 15) is 4.39 Å². The van der Waals surface area contributed by atoms with Gasteiger partial charge in [-0.1, -0.05) is 12.1 Å². The van der Waals surface area contributed by atoms with E-state index in [0.29, 0.717) is 40.9 Å². The Morgan fingerprint density at radius 2 is 1.79 bits per heavy atom. The Kier molecular flexibility index (Phi) is 6.34. The number of ether oxygens (including phenoxy) is 2. The van der Waals surface area contributed by atoms with Crippen molar-refractivity contribution in [1.82, 2.24) is 19.2 Å². The Balaban J connectivity index is 1.84. The molecule has 0 atom stereocenters. The maximum Gasteiger partial charge on any atom is 0.199 e. The number of rotatable bonds is 7. The van der Waals surface area contributed by atoms with E-state index >= 15 is 0 Å². The number of aromatic nitrogens is 3. The van der Waals surface area contributed by atoms with E-state index in [1.807, 2.05) is 26.1 Å². The molecule has 0 saturated heterocycles. The molecule has 0 unspecified atom stereocenters. The summed E-state index contributed by atoms with van der Waals surface area (Å²) in [6.45, 7) is 3.17. The summed E-state index contributed by atoms with van der Waals surface area (Å²) in [4.78, 5) is 2.09. The first-order chi connectivity index (χ1) is 13.8. The summed E-state index contributed by atoms with van der Waals surface area (Å²) in [5.41, 5.74) is 2.64. The number of aryl methyl sites for hydroxylation is 1. The van der Waals surface area contributed by atoms with Crippen LogP contribution in [0, 0.1) is 17.5 Å². The van der Waals surface area contributed by atoms with Gasteiger partial charge in [-0.3, -0.25) is 4.90 Å². The van der Waals surface area contributed by atoms with Gasteiger partial charge in [0.1, 0.15) is 5.82 Å².